The average molecular weight is 198 g/mol. The first-order valence-corrected chi connectivity index (χ1v) is 4.68. The van der Waals surface area contributed by atoms with Crippen LogP contribution < -0.4 is 11.1 Å². The van der Waals surface area contributed by atoms with E-state index in [1.54, 1.807) is 0 Å². The average Bonchev–Trinajstić information content (AvgIpc) is 2.94. The van der Waals surface area contributed by atoms with E-state index in [1.807, 2.05) is 0 Å². The largest absolute Gasteiger partial charge is 0.363 e. The van der Waals surface area contributed by atoms with Crippen LogP contribution in [0.15, 0.2) is 0 Å². The van der Waals surface area contributed by atoms with Crippen molar-refractivity contribution in [1.82, 2.24) is 5.32 Å². The van der Waals surface area contributed by atoms with E-state index in [4.69, 9.17) is 5.73 Å². The van der Waals surface area contributed by atoms with Gasteiger partial charge >= 0.3 is 0 Å². The molecule has 1 unspecified atom stereocenters. The van der Waals surface area contributed by atoms with Crippen LogP contribution in [0.3, 0.4) is 0 Å². The summed E-state index contributed by atoms with van der Waals surface area (Å²) < 4.78 is 0. The number of ketones is 1. The van der Waals surface area contributed by atoms with Gasteiger partial charge in [0, 0.05) is 0 Å². The standard InChI is InChI=1S/C9H14N2O3/c10-9(14)8(13)7(11-5-12)4-3-6-1-2-6/h5-7H,1-4H2,(H2,10,14)(H,11,12). The van der Waals surface area contributed by atoms with Crippen LogP contribution in [0.1, 0.15) is 25.7 Å². The number of hydrogen-bond acceptors (Lipinski definition) is 3. The minimum atomic E-state index is -0.986. The maximum Gasteiger partial charge on any atom is 0.287 e. The van der Waals surface area contributed by atoms with E-state index in [0.717, 1.165) is 6.42 Å². The molecule has 0 aromatic carbocycles. The fraction of sp³-hybridized carbons (Fsp3) is 0.667. The molecule has 1 aliphatic rings. The highest BCUT2D eigenvalue weighted by molar-refractivity contribution is 6.37. The van der Waals surface area contributed by atoms with Gasteiger partial charge < -0.3 is 11.1 Å². The normalized spacial score (nSPS) is 17.1. The third kappa shape index (κ3) is 3.16. The summed E-state index contributed by atoms with van der Waals surface area (Å²) >= 11 is 0. The second kappa shape index (κ2) is 4.74. The van der Waals surface area contributed by atoms with Gasteiger partial charge in [-0.1, -0.05) is 12.8 Å². The Kier molecular flexibility index (Phi) is 3.62. The summed E-state index contributed by atoms with van der Waals surface area (Å²) in [5.41, 5.74) is 4.84. The van der Waals surface area contributed by atoms with Crippen molar-refractivity contribution >= 4 is 18.1 Å². The van der Waals surface area contributed by atoms with E-state index in [9.17, 15) is 14.4 Å². The van der Waals surface area contributed by atoms with Gasteiger partial charge in [-0.15, -0.1) is 0 Å². The smallest absolute Gasteiger partial charge is 0.287 e. The van der Waals surface area contributed by atoms with Crippen LogP contribution in [-0.2, 0) is 14.4 Å². The van der Waals surface area contributed by atoms with Gasteiger partial charge in [0.25, 0.3) is 5.91 Å². The molecule has 0 radical (unpaired) electrons. The minimum Gasteiger partial charge on any atom is -0.363 e. The maximum absolute atomic E-state index is 11.2. The number of rotatable bonds is 7. The molecule has 1 atom stereocenters. The van der Waals surface area contributed by atoms with Gasteiger partial charge in [0.05, 0.1) is 6.04 Å². The monoisotopic (exact) mass is 198 g/mol. The van der Waals surface area contributed by atoms with Crippen LogP contribution in [0.4, 0.5) is 0 Å². The first kappa shape index (κ1) is 10.7. The molecule has 14 heavy (non-hydrogen) atoms. The van der Waals surface area contributed by atoms with Crippen molar-refractivity contribution in [2.75, 3.05) is 0 Å². The molecule has 0 aliphatic heterocycles. The summed E-state index contributed by atoms with van der Waals surface area (Å²) in [7, 11) is 0. The van der Waals surface area contributed by atoms with Crippen molar-refractivity contribution in [3.8, 4) is 0 Å². The predicted octanol–water partition coefficient (Wildman–Crippen LogP) is -0.654. The van der Waals surface area contributed by atoms with Gasteiger partial charge in [0.15, 0.2) is 0 Å². The second-order valence-corrected chi connectivity index (χ2v) is 3.59. The Hall–Kier alpha value is -1.39. The molecule has 5 heteroatoms. The van der Waals surface area contributed by atoms with Crippen LogP contribution in [0, 0.1) is 5.92 Å². The summed E-state index contributed by atoms with van der Waals surface area (Å²) in [4.78, 5) is 31.9. The zero-order valence-corrected chi connectivity index (χ0v) is 7.86. The molecule has 1 saturated carbocycles. The Balaban J connectivity index is 2.39. The van der Waals surface area contributed by atoms with Crippen molar-refractivity contribution in [2.45, 2.75) is 31.7 Å². The molecule has 2 amide bonds. The molecule has 5 nitrogen and oxygen atoms in total. The highest BCUT2D eigenvalue weighted by Crippen LogP contribution is 2.33. The fourth-order valence-electron chi connectivity index (χ4n) is 1.35. The summed E-state index contributed by atoms with van der Waals surface area (Å²) in [5.74, 6) is -1.04. The highest BCUT2D eigenvalue weighted by atomic mass is 16.2. The number of carbonyl (C=O) groups is 3. The third-order valence-electron chi connectivity index (χ3n) is 2.39. The molecule has 0 aromatic rings. The quantitative estimate of drug-likeness (QED) is 0.420. The SMILES string of the molecule is NC(=O)C(=O)C(CCC1CC1)NC=O. The van der Waals surface area contributed by atoms with E-state index in [0.29, 0.717) is 18.7 Å². The third-order valence-corrected chi connectivity index (χ3v) is 2.39. The second-order valence-electron chi connectivity index (χ2n) is 3.59. The van der Waals surface area contributed by atoms with Gasteiger partial charge in [-0.3, -0.25) is 14.4 Å². The summed E-state index contributed by atoms with van der Waals surface area (Å²) in [6.07, 6.45) is 4.16. The van der Waals surface area contributed by atoms with Gasteiger partial charge in [0.2, 0.25) is 12.2 Å². The molecule has 0 spiro atoms. The molecule has 78 valence electrons. The Bertz CT molecular complexity index is 248. The predicted molar refractivity (Wildman–Crippen MR) is 49.1 cm³/mol. The molecule has 0 saturated heterocycles. The van der Waals surface area contributed by atoms with E-state index in [-0.39, 0.29) is 0 Å². The zero-order chi connectivity index (χ0) is 10.6. The van der Waals surface area contributed by atoms with Gasteiger partial charge in [-0.05, 0) is 18.8 Å². The number of primary amides is 1. The minimum absolute atomic E-state index is 0.429. The van der Waals surface area contributed by atoms with Crippen molar-refractivity contribution in [2.24, 2.45) is 11.7 Å². The van der Waals surface area contributed by atoms with Crippen LogP contribution >= 0.6 is 0 Å². The van der Waals surface area contributed by atoms with Crippen LogP contribution in [0.2, 0.25) is 0 Å². The fourth-order valence-corrected chi connectivity index (χ4v) is 1.35. The Morgan fingerprint density at radius 3 is 2.57 bits per heavy atom. The molecular formula is C9H14N2O3. The zero-order valence-electron chi connectivity index (χ0n) is 7.86. The summed E-state index contributed by atoms with van der Waals surface area (Å²) in [5, 5.41) is 2.32. The summed E-state index contributed by atoms with van der Waals surface area (Å²) in [6.45, 7) is 0. The van der Waals surface area contributed by atoms with E-state index < -0.39 is 17.7 Å². The van der Waals surface area contributed by atoms with E-state index in [2.05, 4.69) is 5.32 Å². The lowest BCUT2D eigenvalue weighted by Gasteiger charge is -2.11. The number of amides is 2. The van der Waals surface area contributed by atoms with Crippen molar-refractivity contribution in [3.05, 3.63) is 0 Å². The topological polar surface area (TPSA) is 89.3 Å². The van der Waals surface area contributed by atoms with Crippen LogP contribution in [-0.4, -0.2) is 24.1 Å². The maximum atomic E-state index is 11.2. The number of carbonyl (C=O) groups excluding carboxylic acids is 3. The number of nitrogens with two attached hydrogens (primary N) is 1. The van der Waals surface area contributed by atoms with Gasteiger partial charge in [-0.25, -0.2) is 0 Å². The Morgan fingerprint density at radius 1 is 1.50 bits per heavy atom. The first-order valence-electron chi connectivity index (χ1n) is 4.68. The van der Waals surface area contributed by atoms with Crippen molar-refractivity contribution < 1.29 is 14.4 Å². The lowest BCUT2D eigenvalue weighted by atomic mass is 10.0. The van der Waals surface area contributed by atoms with Gasteiger partial charge in [0.1, 0.15) is 0 Å². The molecule has 1 fully saturated rings. The molecule has 0 heterocycles. The molecule has 1 rings (SSSR count). The molecular weight excluding hydrogens is 184 g/mol. The van der Waals surface area contributed by atoms with E-state index >= 15 is 0 Å². The highest BCUT2D eigenvalue weighted by Gasteiger charge is 2.27. The summed E-state index contributed by atoms with van der Waals surface area (Å²) in [6, 6.07) is -0.731. The van der Waals surface area contributed by atoms with Crippen LogP contribution in [0.5, 0.6) is 0 Å². The van der Waals surface area contributed by atoms with Crippen LogP contribution in [0.25, 0.3) is 0 Å². The Labute approximate surface area is 82.0 Å². The number of Topliss-reactive ketones (excluding diaryl/α,β-unsaturated/α-hetero) is 1. The Morgan fingerprint density at radius 2 is 2.14 bits per heavy atom. The van der Waals surface area contributed by atoms with Crippen molar-refractivity contribution in [3.63, 3.8) is 0 Å². The number of hydrogen-bond donors (Lipinski definition) is 2. The lowest BCUT2D eigenvalue weighted by Crippen LogP contribution is -2.42. The lowest BCUT2D eigenvalue weighted by molar-refractivity contribution is -0.137. The van der Waals surface area contributed by atoms with E-state index in [1.165, 1.54) is 12.8 Å². The molecule has 0 bridgehead atoms. The molecule has 0 aromatic heterocycles. The number of nitrogens with one attached hydrogen (secondary N) is 1. The van der Waals surface area contributed by atoms with Gasteiger partial charge in [-0.2, -0.15) is 0 Å². The van der Waals surface area contributed by atoms with Crippen molar-refractivity contribution in [1.29, 1.82) is 0 Å². The molecule has 1 aliphatic carbocycles. The molecule has 3 N–H and O–H groups in total. The first-order chi connectivity index (χ1) is 6.65.